The fraction of sp³-hybridized carbons (Fsp3) is 0.286. The molecule has 0 aliphatic heterocycles. The second-order valence-corrected chi connectivity index (χ2v) is 8.61. The van der Waals surface area contributed by atoms with E-state index < -0.39 is 6.04 Å². The van der Waals surface area contributed by atoms with Crippen molar-refractivity contribution in [2.24, 2.45) is 0 Å². The highest BCUT2D eigenvalue weighted by Crippen LogP contribution is 2.19. The summed E-state index contributed by atoms with van der Waals surface area (Å²) in [4.78, 5) is 28.6. The lowest BCUT2D eigenvalue weighted by Gasteiger charge is -2.31. The van der Waals surface area contributed by atoms with Crippen LogP contribution in [0.5, 0.6) is 5.75 Å². The molecule has 34 heavy (non-hydrogen) atoms. The molecule has 0 saturated carbocycles. The molecule has 0 unspecified atom stereocenters. The highest BCUT2D eigenvalue weighted by Gasteiger charge is 2.30. The Kier molecular flexibility index (Phi) is 9.53. The minimum atomic E-state index is -0.654. The topological polar surface area (TPSA) is 58.6 Å². The van der Waals surface area contributed by atoms with Crippen molar-refractivity contribution in [3.63, 3.8) is 0 Å². The zero-order valence-electron chi connectivity index (χ0n) is 19.7. The zero-order chi connectivity index (χ0) is 24.3. The van der Waals surface area contributed by atoms with E-state index in [-0.39, 0.29) is 24.8 Å². The van der Waals surface area contributed by atoms with Crippen LogP contribution < -0.4 is 10.1 Å². The van der Waals surface area contributed by atoms with Gasteiger partial charge in [-0.15, -0.1) is 0 Å². The van der Waals surface area contributed by atoms with Crippen molar-refractivity contribution >= 4 is 23.4 Å². The molecule has 0 saturated heterocycles. The van der Waals surface area contributed by atoms with Gasteiger partial charge in [-0.3, -0.25) is 9.59 Å². The quantitative estimate of drug-likeness (QED) is 0.419. The first-order chi connectivity index (χ1) is 16.5. The number of ether oxygens (including phenoxy) is 1. The molecule has 0 aromatic heterocycles. The van der Waals surface area contributed by atoms with Crippen LogP contribution in [0.15, 0.2) is 78.9 Å². The summed E-state index contributed by atoms with van der Waals surface area (Å²) < 4.78 is 5.22. The third-order valence-electron chi connectivity index (χ3n) is 5.58. The largest absolute Gasteiger partial charge is 0.497 e. The molecule has 0 fully saturated rings. The van der Waals surface area contributed by atoms with Crippen LogP contribution in [0.3, 0.4) is 0 Å². The molecule has 3 rings (SSSR count). The number of nitrogens with zero attached hydrogens (tertiary/aromatic N) is 1. The van der Waals surface area contributed by atoms with Crippen molar-refractivity contribution in [2.75, 3.05) is 13.7 Å². The average Bonchev–Trinajstić information content (AvgIpc) is 2.85. The van der Waals surface area contributed by atoms with E-state index in [9.17, 15) is 9.59 Å². The lowest BCUT2D eigenvalue weighted by atomic mass is 10.0. The van der Waals surface area contributed by atoms with Crippen LogP contribution in [0.2, 0.25) is 5.02 Å². The van der Waals surface area contributed by atoms with Crippen LogP contribution in [0.4, 0.5) is 0 Å². The van der Waals surface area contributed by atoms with E-state index in [0.29, 0.717) is 18.0 Å². The Labute approximate surface area is 206 Å². The van der Waals surface area contributed by atoms with Crippen molar-refractivity contribution < 1.29 is 14.3 Å². The van der Waals surface area contributed by atoms with E-state index in [0.717, 1.165) is 28.9 Å². The third kappa shape index (κ3) is 7.35. The second kappa shape index (κ2) is 12.8. The van der Waals surface area contributed by atoms with Gasteiger partial charge in [-0.25, -0.2) is 0 Å². The number of carbonyl (C=O) groups is 2. The highest BCUT2D eigenvalue weighted by atomic mass is 35.5. The van der Waals surface area contributed by atoms with Crippen molar-refractivity contribution in [2.45, 2.75) is 38.8 Å². The lowest BCUT2D eigenvalue weighted by molar-refractivity contribution is -0.140. The van der Waals surface area contributed by atoms with Crippen LogP contribution in [0.25, 0.3) is 0 Å². The number of nitrogens with one attached hydrogen (secondary N) is 1. The maximum Gasteiger partial charge on any atom is 0.243 e. The summed E-state index contributed by atoms with van der Waals surface area (Å²) in [7, 11) is 1.61. The number of amides is 2. The molecule has 1 N–H and O–H groups in total. The molecule has 0 heterocycles. The number of benzene rings is 3. The van der Waals surface area contributed by atoms with Crippen molar-refractivity contribution in [1.29, 1.82) is 0 Å². The van der Waals surface area contributed by atoms with Crippen molar-refractivity contribution in [3.8, 4) is 5.75 Å². The number of carbonyl (C=O) groups excluding carboxylic acids is 2. The third-order valence-corrected chi connectivity index (χ3v) is 5.81. The van der Waals surface area contributed by atoms with Crippen LogP contribution in [0, 0.1) is 0 Å². The molecular formula is C28H31ClN2O3. The predicted octanol–water partition coefficient (Wildman–Crippen LogP) is 5.06. The van der Waals surface area contributed by atoms with Gasteiger partial charge in [0, 0.05) is 24.5 Å². The Balaban J connectivity index is 1.93. The summed E-state index contributed by atoms with van der Waals surface area (Å²) in [6.45, 7) is 2.85. The lowest BCUT2D eigenvalue weighted by Crippen LogP contribution is -2.51. The zero-order valence-corrected chi connectivity index (χ0v) is 20.4. The molecule has 0 aliphatic carbocycles. The van der Waals surface area contributed by atoms with Gasteiger partial charge >= 0.3 is 0 Å². The fourth-order valence-corrected chi connectivity index (χ4v) is 3.98. The number of hydrogen-bond acceptors (Lipinski definition) is 3. The van der Waals surface area contributed by atoms with Gasteiger partial charge in [-0.2, -0.15) is 0 Å². The van der Waals surface area contributed by atoms with E-state index in [2.05, 4.69) is 5.32 Å². The minimum absolute atomic E-state index is 0.127. The SMILES string of the molecule is CCCNC(=O)[C@@H](Cc1ccccc1)N(Cc1cccc(Cl)c1)C(=O)Cc1ccc(OC)cc1. The van der Waals surface area contributed by atoms with E-state index >= 15 is 0 Å². The smallest absolute Gasteiger partial charge is 0.243 e. The molecular weight excluding hydrogens is 448 g/mol. The van der Waals surface area contributed by atoms with Gasteiger partial charge < -0.3 is 15.0 Å². The Morgan fingerprint density at radius 2 is 1.65 bits per heavy atom. The van der Waals surface area contributed by atoms with Gasteiger partial charge in [0.05, 0.1) is 13.5 Å². The molecule has 3 aromatic carbocycles. The number of methoxy groups -OCH3 is 1. The monoisotopic (exact) mass is 478 g/mol. The highest BCUT2D eigenvalue weighted by molar-refractivity contribution is 6.30. The Bertz CT molecular complexity index is 1070. The summed E-state index contributed by atoms with van der Waals surface area (Å²) >= 11 is 6.21. The standard InChI is InChI=1S/C28H31ClN2O3/c1-3-16-30-28(33)26(18-21-8-5-4-6-9-21)31(20-23-10-7-11-24(29)17-23)27(32)19-22-12-14-25(34-2)15-13-22/h4-15,17,26H,3,16,18-20H2,1-2H3,(H,30,33)/t26-/m1/s1. The molecule has 2 amide bonds. The summed E-state index contributed by atoms with van der Waals surface area (Å²) in [5, 5.41) is 3.58. The van der Waals surface area contributed by atoms with Gasteiger partial charge in [0.25, 0.3) is 0 Å². The molecule has 5 nitrogen and oxygen atoms in total. The maximum absolute atomic E-state index is 13.6. The van der Waals surface area contributed by atoms with Crippen LogP contribution >= 0.6 is 11.6 Å². The van der Waals surface area contributed by atoms with E-state index in [1.54, 1.807) is 18.1 Å². The summed E-state index contributed by atoms with van der Waals surface area (Å²) in [5.74, 6) is 0.446. The van der Waals surface area contributed by atoms with E-state index in [1.807, 2.05) is 79.7 Å². The van der Waals surface area contributed by atoms with Gasteiger partial charge in [0.2, 0.25) is 11.8 Å². The Morgan fingerprint density at radius 1 is 0.941 bits per heavy atom. The van der Waals surface area contributed by atoms with Crippen LogP contribution in [-0.4, -0.2) is 36.4 Å². The van der Waals surface area contributed by atoms with Crippen molar-refractivity contribution in [1.82, 2.24) is 10.2 Å². The van der Waals surface area contributed by atoms with Gasteiger partial charge in [0.15, 0.2) is 0 Å². The first kappa shape index (κ1) is 25.3. The van der Waals surface area contributed by atoms with E-state index in [1.165, 1.54) is 0 Å². The molecule has 1 atom stereocenters. The number of halogens is 1. The van der Waals surface area contributed by atoms with Crippen LogP contribution in [0.1, 0.15) is 30.0 Å². The average molecular weight is 479 g/mol. The predicted molar refractivity (Wildman–Crippen MR) is 136 cm³/mol. The van der Waals surface area contributed by atoms with Gasteiger partial charge in [-0.1, -0.05) is 73.1 Å². The molecule has 3 aromatic rings. The normalized spacial score (nSPS) is 11.5. The molecule has 6 heteroatoms. The summed E-state index contributed by atoms with van der Waals surface area (Å²) in [6.07, 6.45) is 1.42. The molecule has 0 radical (unpaired) electrons. The van der Waals surface area contributed by atoms with E-state index in [4.69, 9.17) is 16.3 Å². The van der Waals surface area contributed by atoms with Crippen molar-refractivity contribution in [3.05, 3.63) is 101 Å². The first-order valence-corrected chi connectivity index (χ1v) is 11.9. The van der Waals surface area contributed by atoms with Gasteiger partial charge in [0.1, 0.15) is 11.8 Å². The molecule has 0 bridgehead atoms. The Morgan fingerprint density at radius 3 is 2.29 bits per heavy atom. The molecule has 0 aliphatic rings. The first-order valence-electron chi connectivity index (χ1n) is 11.5. The summed E-state index contributed by atoms with van der Waals surface area (Å²) in [6, 6.07) is 23.9. The van der Waals surface area contributed by atoms with Crippen LogP contribution in [-0.2, 0) is 29.0 Å². The molecule has 178 valence electrons. The number of rotatable bonds is 11. The number of hydrogen-bond donors (Lipinski definition) is 1. The maximum atomic E-state index is 13.6. The Hall–Kier alpha value is -3.31. The summed E-state index contributed by atoms with van der Waals surface area (Å²) in [5.41, 5.74) is 2.72. The molecule has 0 spiro atoms. The minimum Gasteiger partial charge on any atom is -0.497 e. The fourth-order valence-electron chi connectivity index (χ4n) is 3.77. The van der Waals surface area contributed by atoms with Gasteiger partial charge in [-0.05, 0) is 47.4 Å². The second-order valence-electron chi connectivity index (χ2n) is 8.17.